The minimum absolute atomic E-state index is 0. The average molecular weight is 91.2 g/mol. The molecule has 0 aromatic heterocycles. The van der Waals surface area contributed by atoms with Crippen molar-refractivity contribution in [3.8, 4) is 0 Å². The summed E-state index contributed by atoms with van der Waals surface area (Å²) >= 11 is 0. The van der Waals surface area contributed by atoms with Crippen LogP contribution in [0.4, 0.5) is 0 Å². The molecule has 0 amide bonds. The summed E-state index contributed by atoms with van der Waals surface area (Å²) in [4.78, 5) is 0. The fourth-order valence-electron chi connectivity index (χ4n) is 0. The van der Waals surface area contributed by atoms with Crippen molar-refractivity contribution >= 4 is 69.2 Å². The molecule has 0 nitrogen and oxygen atoms in total. The Labute approximate surface area is 75.4 Å². The van der Waals surface area contributed by atoms with E-state index in [2.05, 4.69) is 0 Å². The van der Waals surface area contributed by atoms with Gasteiger partial charge in [0.2, 0.25) is 0 Å². The second kappa shape index (κ2) is 19.5. The Morgan fingerprint density at radius 3 is 1.00 bits per heavy atom. The van der Waals surface area contributed by atoms with Gasteiger partial charge in [-0.15, -0.1) is 0 Å². The Bertz CT molecular complexity index is 8.00. The van der Waals surface area contributed by atoms with Crippen LogP contribution in [0.15, 0.2) is 0 Å². The van der Waals surface area contributed by atoms with Crippen molar-refractivity contribution in [2.45, 2.75) is 7.43 Å². The molecule has 0 saturated carbocycles. The Hall–Kier alpha value is 2.09. The number of hydrogen-bond acceptors (Lipinski definition) is 0. The zero-order valence-corrected chi connectivity index (χ0v) is 5.61. The van der Waals surface area contributed by atoms with Crippen molar-refractivity contribution in [2.24, 2.45) is 0 Å². The second-order valence-electron chi connectivity index (χ2n) is 0. The van der Waals surface area contributed by atoms with Crippen molar-refractivity contribution in [1.82, 2.24) is 0 Å². The summed E-state index contributed by atoms with van der Waals surface area (Å²) < 4.78 is 0. The molecule has 7 radical (unpaired) electrons. The smallest absolute Gasteiger partial charge is 0 e. The van der Waals surface area contributed by atoms with Gasteiger partial charge in [-0.25, -0.2) is 0 Å². The van der Waals surface area contributed by atoms with Gasteiger partial charge in [0.15, 0.2) is 0 Å². The fourth-order valence-corrected chi connectivity index (χ4v) is 0. The summed E-state index contributed by atoms with van der Waals surface area (Å²) in [5.74, 6) is 0. The first kappa shape index (κ1) is 36.1. The summed E-state index contributed by atoms with van der Waals surface area (Å²) in [5, 5.41) is 0. The molecule has 0 N–H and O–H groups in total. The van der Waals surface area contributed by atoms with E-state index in [9.17, 15) is 0 Å². The minimum Gasteiger partial charge on any atom is -0.0776 e. The summed E-state index contributed by atoms with van der Waals surface area (Å²) in [5.41, 5.74) is 0. The van der Waals surface area contributed by atoms with Gasteiger partial charge in [-0.3, -0.25) is 0 Å². The molecule has 0 heterocycles. The van der Waals surface area contributed by atoms with E-state index in [-0.39, 0.29) is 76.6 Å². The van der Waals surface area contributed by atoms with Crippen molar-refractivity contribution in [1.29, 1.82) is 0 Å². The molecule has 15 valence electrons. The van der Waals surface area contributed by atoms with Crippen molar-refractivity contribution in [3.63, 3.8) is 0 Å². The quantitative estimate of drug-likeness (QED) is 0.352. The Morgan fingerprint density at radius 2 is 1.00 bits per heavy atom. The average Bonchev–Trinajstić information content (AvgIpc) is 0. The third-order valence-corrected chi connectivity index (χ3v) is 0. The largest absolute Gasteiger partial charge is 0.0776 e. The molecule has 0 saturated heterocycles. The van der Waals surface area contributed by atoms with Gasteiger partial charge in [0.25, 0.3) is 0 Å². The van der Waals surface area contributed by atoms with Gasteiger partial charge in [0, 0.05) is 69.2 Å². The van der Waals surface area contributed by atoms with Crippen LogP contribution in [-0.2, 0) is 0 Å². The van der Waals surface area contributed by atoms with E-state index in [0.717, 1.165) is 0 Å². The maximum absolute atomic E-state index is 0. The first-order chi connectivity index (χ1) is 0. The van der Waals surface area contributed by atoms with Gasteiger partial charge >= 0.3 is 0 Å². The predicted molar refractivity (Wildman–Crippen MR) is 24.0 cm³/mol. The summed E-state index contributed by atoms with van der Waals surface area (Å²) in [7, 11) is 0. The monoisotopic (exact) mass is 91.0 g/mol. The van der Waals surface area contributed by atoms with Gasteiger partial charge in [0.05, 0.1) is 0 Å². The zero-order valence-electron chi connectivity index (χ0n) is 1.99. The molecule has 0 aromatic rings. The van der Waals surface area contributed by atoms with E-state index < -0.39 is 0 Å². The van der Waals surface area contributed by atoms with Crippen LogP contribution >= 0.6 is 0 Å². The first-order valence-corrected chi connectivity index (χ1v) is 0. The molecule has 0 bridgehead atoms. The van der Waals surface area contributed by atoms with Crippen LogP contribution in [0.5, 0.6) is 0 Å². The van der Waals surface area contributed by atoms with Gasteiger partial charge < -0.3 is 0 Å². The zero-order chi connectivity index (χ0) is 0. The SMILES string of the molecule is C.[B].[Ca].[Mg]. The molecule has 0 aliphatic rings. The molecule has 0 spiro atoms. The fraction of sp³-hybridized carbons (Fsp3) is 1.00. The molecular weight excluding hydrogens is 87.2 g/mol. The Morgan fingerprint density at radius 1 is 1.00 bits per heavy atom. The van der Waals surface area contributed by atoms with Crippen LogP contribution in [-0.4, -0.2) is 69.2 Å². The maximum Gasteiger partial charge on any atom is 0 e. The molecule has 0 fully saturated rings. The van der Waals surface area contributed by atoms with E-state index in [1.807, 2.05) is 0 Å². The van der Waals surface area contributed by atoms with Gasteiger partial charge in [-0.05, 0) is 0 Å². The molecule has 4 heavy (non-hydrogen) atoms. The molecule has 0 atom stereocenters. The standard InChI is InChI=1S/CH4.B.Ca.Mg/h1H4;;;. The van der Waals surface area contributed by atoms with E-state index in [0.29, 0.717) is 0 Å². The topological polar surface area (TPSA) is 0 Å². The predicted octanol–water partition coefficient (Wildman–Crippen LogP) is -0.506. The Kier molecular flexibility index (Phi) is 176. The number of hydrogen-bond donors (Lipinski definition) is 0. The van der Waals surface area contributed by atoms with Crippen LogP contribution < -0.4 is 0 Å². The van der Waals surface area contributed by atoms with Crippen molar-refractivity contribution in [2.75, 3.05) is 0 Å². The first-order valence-electron chi connectivity index (χ1n) is 0. The number of rotatable bonds is 0. The molecule has 0 unspecified atom stereocenters. The minimum atomic E-state index is 0. The van der Waals surface area contributed by atoms with Crippen molar-refractivity contribution in [3.05, 3.63) is 0 Å². The summed E-state index contributed by atoms with van der Waals surface area (Å²) in [6.07, 6.45) is 0. The molecule has 0 rings (SSSR count). The van der Waals surface area contributed by atoms with E-state index in [1.54, 1.807) is 0 Å². The summed E-state index contributed by atoms with van der Waals surface area (Å²) in [6.45, 7) is 0. The van der Waals surface area contributed by atoms with Crippen molar-refractivity contribution < 1.29 is 0 Å². The molecular formula is CH4BCaMg. The maximum atomic E-state index is 0. The molecule has 0 aromatic carbocycles. The van der Waals surface area contributed by atoms with Gasteiger partial charge in [-0.1, -0.05) is 7.43 Å². The van der Waals surface area contributed by atoms with E-state index >= 15 is 0 Å². The molecule has 0 aliphatic heterocycles. The van der Waals surface area contributed by atoms with Crippen LogP contribution in [0.1, 0.15) is 7.43 Å². The normalized spacial score (nSPS) is 0. The van der Waals surface area contributed by atoms with Crippen LogP contribution in [0.3, 0.4) is 0 Å². The van der Waals surface area contributed by atoms with E-state index in [4.69, 9.17) is 0 Å². The molecule has 3 heteroatoms. The van der Waals surface area contributed by atoms with Crippen LogP contribution in [0.25, 0.3) is 0 Å². The van der Waals surface area contributed by atoms with Crippen LogP contribution in [0, 0.1) is 0 Å². The second-order valence-corrected chi connectivity index (χ2v) is 0. The summed E-state index contributed by atoms with van der Waals surface area (Å²) in [6, 6.07) is 0. The Balaban J connectivity index is 0. The molecule has 0 aliphatic carbocycles. The third-order valence-electron chi connectivity index (χ3n) is 0. The third kappa shape index (κ3) is 8.94. The van der Waals surface area contributed by atoms with E-state index in [1.165, 1.54) is 0 Å². The van der Waals surface area contributed by atoms with Gasteiger partial charge in [-0.2, -0.15) is 0 Å². The van der Waals surface area contributed by atoms with Gasteiger partial charge in [0.1, 0.15) is 0 Å². The van der Waals surface area contributed by atoms with Crippen LogP contribution in [0.2, 0.25) is 0 Å².